The fourth-order valence-corrected chi connectivity index (χ4v) is 5.67. The van der Waals surface area contributed by atoms with E-state index in [9.17, 15) is 14.7 Å². The van der Waals surface area contributed by atoms with Crippen molar-refractivity contribution in [3.8, 4) is 0 Å². The Morgan fingerprint density at radius 2 is 1.94 bits per heavy atom. The summed E-state index contributed by atoms with van der Waals surface area (Å²) in [5, 5.41) is 10.6. The molecule has 2 amide bonds. The molecule has 1 aromatic carbocycles. The number of hydrogen-bond donors (Lipinski definition) is 2. The first kappa shape index (κ1) is 24.7. The van der Waals surface area contributed by atoms with E-state index in [1.807, 2.05) is 0 Å². The van der Waals surface area contributed by atoms with Gasteiger partial charge < -0.3 is 19.9 Å². The molecule has 4 rings (SSSR count). The number of carbonyl (C=O) groups excluding carboxylic acids is 1. The molecule has 3 atom stereocenters. The van der Waals surface area contributed by atoms with E-state index in [4.69, 9.17) is 0 Å². The quantitative estimate of drug-likeness (QED) is 0.587. The average Bonchev–Trinajstić information content (AvgIpc) is 3.13. The molecule has 1 aromatic heterocycles. The molecule has 2 aromatic rings. The number of nitrogens with one attached hydrogen (secondary N) is 1. The fraction of sp³-hybridized carbons (Fsp3) is 0.600. The fourth-order valence-electron chi connectivity index (χ4n) is 5.67. The van der Waals surface area contributed by atoms with E-state index in [0.29, 0.717) is 12.5 Å². The summed E-state index contributed by atoms with van der Waals surface area (Å²) in [7, 11) is 1.61. The Bertz CT molecular complexity index is 957. The normalized spacial score (nSPS) is 23.0. The summed E-state index contributed by atoms with van der Waals surface area (Å²) < 4.78 is 0. The molecule has 1 aliphatic heterocycles. The molecule has 3 unspecified atom stereocenters. The molecule has 1 saturated carbocycles. The third-order valence-electron chi connectivity index (χ3n) is 7.20. The number of aromatic nitrogens is 1. The molecule has 0 bridgehead atoms. The number of amides is 2. The van der Waals surface area contributed by atoms with Crippen LogP contribution >= 0.6 is 0 Å². The number of H-pyrrole nitrogens is 1. The van der Waals surface area contributed by atoms with Crippen LogP contribution in [0.2, 0.25) is 0 Å². The summed E-state index contributed by atoms with van der Waals surface area (Å²) in [6.07, 6.45) is 4.78. The second-order valence-electron chi connectivity index (χ2n) is 9.80. The van der Waals surface area contributed by atoms with Crippen molar-refractivity contribution in [3.63, 3.8) is 0 Å². The van der Waals surface area contributed by atoms with Gasteiger partial charge in [-0.1, -0.05) is 44.9 Å². The standard InChI is InChI=1S/C25H35N3O3.Fe/c1-16(2)14-22-23-20(19-10-6-7-11-21(19)26-23)12-13-28(22)24(29)18-9-5-4-8-17(18)15-27(3)25(30)31;/h6-7,10-11,16-18,22,26H,4-5,8-9,12-15H2,1-3H3,(H,30,31);. The van der Waals surface area contributed by atoms with E-state index in [-0.39, 0.29) is 40.9 Å². The van der Waals surface area contributed by atoms with Crippen LogP contribution in [0.4, 0.5) is 4.79 Å². The number of carboxylic acid groups (broad SMARTS) is 1. The molecule has 2 aliphatic rings. The van der Waals surface area contributed by atoms with Gasteiger partial charge in [-0.25, -0.2) is 4.79 Å². The molecule has 6 nitrogen and oxygen atoms in total. The van der Waals surface area contributed by atoms with Gasteiger partial charge in [0, 0.05) is 59.7 Å². The summed E-state index contributed by atoms with van der Waals surface area (Å²) in [5.74, 6) is 0.707. The zero-order chi connectivity index (χ0) is 22.1. The first-order chi connectivity index (χ1) is 14.9. The molecule has 7 heteroatoms. The summed E-state index contributed by atoms with van der Waals surface area (Å²) in [5.41, 5.74) is 3.70. The van der Waals surface area contributed by atoms with Crippen LogP contribution < -0.4 is 0 Å². The number of benzene rings is 1. The van der Waals surface area contributed by atoms with Gasteiger partial charge in [0.2, 0.25) is 5.91 Å². The molecular weight excluding hydrogens is 446 g/mol. The zero-order valence-corrected chi connectivity index (χ0v) is 20.4. The van der Waals surface area contributed by atoms with Crippen LogP contribution in [-0.2, 0) is 28.3 Å². The molecule has 176 valence electrons. The van der Waals surface area contributed by atoms with Gasteiger partial charge in [0.25, 0.3) is 0 Å². The van der Waals surface area contributed by atoms with Crippen LogP contribution in [0.25, 0.3) is 10.9 Å². The van der Waals surface area contributed by atoms with Gasteiger partial charge in [0.15, 0.2) is 0 Å². The molecule has 2 heterocycles. The van der Waals surface area contributed by atoms with Crippen LogP contribution in [0.1, 0.15) is 63.3 Å². The SMILES string of the molecule is CC(C)CC1c2[nH]c3ccccc3c2CCN1C(=O)C1CCCCC1CN(C)C(=O)O.[Fe]. The van der Waals surface area contributed by atoms with Crippen molar-refractivity contribution in [2.75, 3.05) is 20.1 Å². The van der Waals surface area contributed by atoms with Crippen molar-refractivity contribution in [1.82, 2.24) is 14.8 Å². The number of aromatic amines is 1. The Labute approximate surface area is 201 Å². The maximum absolute atomic E-state index is 13.9. The maximum Gasteiger partial charge on any atom is 0.407 e. The number of hydrogen-bond acceptors (Lipinski definition) is 2. The number of rotatable bonds is 5. The minimum absolute atomic E-state index is 0. The van der Waals surface area contributed by atoms with Gasteiger partial charge in [-0.15, -0.1) is 0 Å². The third kappa shape index (κ3) is 4.84. The topological polar surface area (TPSA) is 76.6 Å². The van der Waals surface area contributed by atoms with Crippen molar-refractivity contribution in [1.29, 1.82) is 0 Å². The first-order valence-electron chi connectivity index (χ1n) is 11.7. The Morgan fingerprint density at radius 3 is 2.66 bits per heavy atom. The molecule has 32 heavy (non-hydrogen) atoms. The predicted octanol–water partition coefficient (Wildman–Crippen LogP) is 5.05. The minimum atomic E-state index is -0.921. The van der Waals surface area contributed by atoms with Gasteiger partial charge in [0.1, 0.15) is 0 Å². The maximum atomic E-state index is 13.9. The second-order valence-corrected chi connectivity index (χ2v) is 9.80. The summed E-state index contributed by atoms with van der Waals surface area (Å²) in [4.78, 5) is 32.3. The van der Waals surface area contributed by atoms with Gasteiger partial charge >= 0.3 is 6.09 Å². The van der Waals surface area contributed by atoms with Crippen molar-refractivity contribution < 1.29 is 31.8 Å². The van der Waals surface area contributed by atoms with Gasteiger partial charge in [-0.3, -0.25) is 4.79 Å². The van der Waals surface area contributed by atoms with E-state index >= 15 is 0 Å². The Kier molecular flexibility index (Phi) is 7.94. The third-order valence-corrected chi connectivity index (χ3v) is 7.20. The number of nitrogens with zero attached hydrogens (tertiary/aromatic N) is 2. The van der Waals surface area contributed by atoms with Crippen LogP contribution in [0.5, 0.6) is 0 Å². The average molecular weight is 481 g/mol. The van der Waals surface area contributed by atoms with Gasteiger partial charge in [-0.05, 0) is 49.1 Å². The van der Waals surface area contributed by atoms with Crippen molar-refractivity contribution in [2.45, 2.75) is 58.4 Å². The Morgan fingerprint density at radius 1 is 1.22 bits per heavy atom. The van der Waals surface area contributed by atoms with Gasteiger partial charge in [-0.2, -0.15) is 0 Å². The van der Waals surface area contributed by atoms with Crippen LogP contribution in [0, 0.1) is 17.8 Å². The predicted molar refractivity (Wildman–Crippen MR) is 122 cm³/mol. The summed E-state index contributed by atoms with van der Waals surface area (Å²) in [6.45, 7) is 5.60. The second kappa shape index (κ2) is 10.3. The molecule has 1 aliphatic carbocycles. The van der Waals surface area contributed by atoms with E-state index in [1.54, 1.807) is 7.05 Å². The molecule has 1 fully saturated rings. The summed E-state index contributed by atoms with van der Waals surface area (Å²) >= 11 is 0. The number of carbonyl (C=O) groups is 2. The monoisotopic (exact) mass is 481 g/mol. The number of fused-ring (bicyclic) bond motifs is 3. The Balaban J connectivity index is 0.00000289. The molecule has 0 saturated heterocycles. The molecular formula is C25H35FeN3O3. The van der Waals surface area contributed by atoms with Gasteiger partial charge in [0.05, 0.1) is 6.04 Å². The Hall–Kier alpha value is -1.98. The van der Waals surface area contributed by atoms with E-state index < -0.39 is 6.09 Å². The van der Waals surface area contributed by atoms with Crippen LogP contribution in [0.3, 0.4) is 0 Å². The van der Waals surface area contributed by atoms with E-state index in [2.05, 4.69) is 48.0 Å². The van der Waals surface area contributed by atoms with Crippen molar-refractivity contribution in [3.05, 3.63) is 35.5 Å². The van der Waals surface area contributed by atoms with Crippen molar-refractivity contribution >= 4 is 22.9 Å². The smallest absolute Gasteiger partial charge is 0.407 e. The van der Waals surface area contributed by atoms with Crippen LogP contribution in [-0.4, -0.2) is 52.0 Å². The number of para-hydroxylation sites is 1. The molecule has 0 radical (unpaired) electrons. The van der Waals surface area contributed by atoms with E-state index in [0.717, 1.165) is 50.6 Å². The van der Waals surface area contributed by atoms with Crippen molar-refractivity contribution in [2.24, 2.45) is 17.8 Å². The summed E-state index contributed by atoms with van der Waals surface area (Å²) in [6, 6.07) is 8.48. The van der Waals surface area contributed by atoms with E-state index in [1.165, 1.54) is 21.5 Å². The minimum Gasteiger partial charge on any atom is -0.465 e. The molecule has 2 N–H and O–H groups in total. The largest absolute Gasteiger partial charge is 0.465 e. The zero-order valence-electron chi connectivity index (χ0n) is 19.3. The van der Waals surface area contributed by atoms with Crippen LogP contribution in [0.15, 0.2) is 24.3 Å². The first-order valence-corrected chi connectivity index (χ1v) is 11.7. The molecule has 0 spiro atoms.